The number of carbonyl (C=O) groups excluding carboxylic acids is 1. The predicted octanol–water partition coefficient (Wildman–Crippen LogP) is 11.1. The topological polar surface area (TPSA) is 80.5 Å². The van der Waals surface area contributed by atoms with Gasteiger partial charge in [0.25, 0.3) is 0 Å². The number of allylic oxidation sites excluding steroid dienone is 2. The van der Waals surface area contributed by atoms with E-state index < -0.39 is 0 Å². The van der Waals surface area contributed by atoms with Crippen LogP contribution in [0.25, 0.3) is 54.9 Å². The predicted molar refractivity (Wildman–Crippen MR) is 196 cm³/mol. The Morgan fingerprint density at radius 3 is 2.12 bits per heavy atom. The van der Waals surface area contributed by atoms with Gasteiger partial charge in [0, 0.05) is 17.8 Å². The van der Waals surface area contributed by atoms with Crippen molar-refractivity contribution in [2.45, 2.75) is 62.3 Å². The Labute approximate surface area is 296 Å². The van der Waals surface area contributed by atoms with E-state index in [0.717, 1.165) is 38.7 Å². The van der Waals surface area contributed by atoms with Gasteiger partial charge in [-0.05, 0) is 79.7 Å². The number of pyridine rings is 2. The number of hydrogen-bond acceptors (Lipinski definition) is 4. The SMILES string of the molecule is CC(C)(C)C(=[OH+])/C=C(\O)C(C)(C)C.Cc1cc[c-]c(-c2cc(C)ccn2)c1.Cc1cnc2c3[c-]ccc4oc5cccc(c2c1)c5c43.[Ir-3]. The van der Waals surface area contributed by atoms with Crippen molar-refractivity contribution >= 4 is 49.4 Å². The summed E-state index contributed by atoms with van der Waals surface area (Å²) in [5.41, 5.74) is 7.93. The van der Waals surface area contributed by atoms with Crippen LogP contribution in [0.2, 0.25) is 0 Å². The fourth-order valence-corrected chi connectivity index (χ4v) is 5.16. The van der Waals surface area contributed by atoms with Crippen LogP contribution in [0.5, 0.6) is 0 Å². The molecule has 0 spiro atoms. The van der Waals surface area contributed by atoms with Crippen LogP contribution in [0.3, 0.4) is 0 Å². The van der Waals surface area contributed by atoms with Crippen LogP contribution in [-0.2, 0) is 20.1 Å². The third kappa shape index (κ3) is 8.00. The number of rotatable bonds is 2. The van der Waals surface area contributed by atoms with Crippen molar-refractivity contribution in [1.82, 2.24) is 9.97 Å². The van der Waals surface area contributed by atoms with Crippen LogP contribution in [-0.4, -0.2) is 25.7 Å². The fourth-order valence-electron chi connectivity index (χ4n) is 5.16. The van der Waals surface area contributed by atoms with Gasteiger partial charge in [-0.3, -0.25) is 4.79 Å². The first-order valence-corrected chi connectivity index (χ1v) is 15.9. The van der Waals surface area contributed by atoms with E-state index in [0.29, 0.717) is 0 Å². The molecule has 0 radical (unpaired) electrons. The van der Waals surface area contributed by atoms with E-state index in [2.05, 4.69) is 67.1 Å². The Morgan fingerprint density at radius 2 is 1.46 bits per heavy atom. The van der Waals surface area contributed by atoms with Crippen molar-refractivity contribution in [3.63, 3.8) is 0 Å². The molecule has 0 saturated heterocycles. The summed E-state index contributed by atoms with van der Waals surface area (Å²) < 4.78 is 5.97. The second-order valence-corrected chi connectivity index (χ2v) is 14.2. The average Bonchev–Trinajstić information content (AvgIpc) is 3.40. The molecule has 4 aromatic carbocycles. The number of nitrogens with zero attached hydrogens (tertiary/aromatic N) is 2. The van der Waals surface area contributed by atoms with Crippen LogP contribution in [0, 0.1) is 43.7 Å². The maximum absolute atomic E-state index is 9.60. The van der Waals surface area contributed by atoms with Crippen molar-refractivity contribution in [3.8, 4) is 11.3 Å². The molecule has 5 nitrogen and oxygen atoms in total. The van der Waals surface area contributed by atoms with Crippen molar-refractivity contribution in [1.29, 1.82) is 0 Å². The molecule has 3 heterocycles. The molecule has 7 aromatic rings. The molecular formula is C42H43IrN2O3-4. The van der Waals surface area contributed by atoms with Crippen molar-refractivity contribution < 1.29 is 34.4 Å². The van der Waals surface area contributed by atoms with E-state index in [4.69, 9.17) is 4.42 Å². The number of ketones is 1. The monoisotopic (exact) mass is 816 g/mol. The summed E-state index contributed by atoms with van der Waals surface area (Å²) in [6, 6.07) is 29.0. The standard InChI is InChI=1S/C18H10NO.C13H12N.C11H20O2.Ir/c1-10-8-13-11-4-2-6-14-16(11)17-12(18(13)19-9-10)5-3-7-15(17)20-14;1-10-4-3-5-12(8-10)13-9-11(2)6-7-14-13;1-10(2,3)8(12)7-9(13)11(4,5)6;/h2-4,6-9H,1H3;3-4,6-9H,1-2H3;7,12H,1-6H3;/q2*-1;;-3/p+1/b;;8-7-;. The molecule has 6 heteroatoms. The maximum atomic E-state index is 9.60. The van der Waals surface area contributed by atoms with E-state index >= 15 is 0 Å². The van der Waals surface area contributed by atoms with E-state index in [-0.39, 0.29) is 42.5 Å². The van der Waals surface area contributed by atoms with Crippen LogP contribution >= 0.6 is 0 Å². The van der Waals surface area contributed by atoms with Crippen LogP contribution in [0.15, 0.2) is 95.4 Å². The van der Waals surface area contributed by atoms with E-state index in [9.17, 15) is 9.90 Å². The number of furan rings is 1. The van der Waals surface area contributed by atoms with Gasteiger partial charge in [-0.2, -0.15) is 0 Å². The second-order valence-electron chi connectivity index (χ2n) is 14.2. The van der Waals surface area contributed by atoms with Gasteiger partial charge < -0.3 is 39.6 Å². The summed E-state index contributed by atoms with van der Waals surface area (Å²) in [5.74, 6) is 0.417. The zero-order valence-corrected chi connectivity index (χ0v) is 31.5. The molecule has 0 aliphatic heterocycles. The summed E-state index contributed by atoms with van der Waals surface area (Å²) in [6.45, 7) is 17.6. The summed E-state index contributed by atoms with van der Waals surface area (Å²) in [4.78, 5) is 18.6. The van der Waals surface area contributed by atoms with E-state index in [1.807, 2.05) is 96.4 Å². The number of aliphatic hydroxyl groups excluding tert-OH is 1. The second kappa shape index (κ2) is 14.4. The summed E-state index contributed by atoms with van der Waals surface area (Å²) in [6.07, 6.45) is 5.19. The van der Waals surface area contributed by atoms with Gasteiger partial charge in [0.2, 0.25) is 0 Å². The van der Waals surface area contributed by atoms with Gasteiger partial charge in [0.15, 0.2) is 0 Å². The minimum absolute atomic E-state index is 0. The fraction of sp³-hybridized carbons (Fsp3) is 0.262. The molecule has 48 heavy (non-hydrogen) atoms. The number of hydrogen-bond donors (Lipinski definition) is 1. The molecule has 0 saturated carbocycles. The number of aromatic nitrogens is 2. The van der Waals surface area contributed by atoms with E-state index in [1.165, 1.54) is 38.9 Å². The molecule has 7 rings (SSSR count). The number of fused-ring (bicyclic) bond motifs is 3. The van der Waals surface area contributed by atoms with Gasteiger partial charge >= 0.3 is 5.78 Å². The number of benzene rings is 4. The largest absolute Gasteiger partial charge is 3.00 e. The maximum Gasteiger partial charge on any atom is 0.325 e. The third-order valence-corrected chi connectivity index (χ3v) is 7.97. The van der Waals surface area contributed by atoms with Crippen LogP contribution in [0.1, 0.15) is 58.2 Å². The molecule has 0 aliphatic rings. The molecule has 0 fully saturated rings. The van der Waals surface area contributed by atoms with Crippen molar-refractivity contribution in [3.05, 3.63) is 120 Å². The Kier molecular flexibility index (Phi) is 10.9. The Hall–Kier alpha value is -4.38. The molecule has 0 unspecified atom stereocenters. The first-order chi connectivity index (χ1) is 22.1. The molecule has 0 amide bonds. The smallest absolute Gasteiger partial charge is 0.325 e. The number of aliphatic hydroxyl groups is 1. The molecule has 0 bridgehead atoms. The minimum atomic E-state index is -0.306. The first kappa shape index (κ1) is 36.5. The summed E-state index contributed by atoms with van der Waals surface area (Å²) in [5, 5.41) is 15.4. The van der Waals surface area contributed by atoms with Crippen molar-refractivity contribution in [2.75, 3.05) is 0 Å². The Balaban J connectivity index is 0.000000167. The molecular weight excluding hydrogens is 773 g/mol. The molecule has 0 atom stereocenters. The van der Waals surface area contributed by atoms with Gasteiger partial charge in [-0.1, -0.05) is 69.0 Å². The average molecular weight is 816 g/mol. The molecule has 252 valence electrons. The quantitative estimate of drug-likeness (QED) is 0.0620. The van der Waals surface area contributed by atoms with Gasteiger partial charge in [-0.25, -0.2) is 0 Å². The van der Waals surface area contributed by atoms with Crippen LogP contribution in [0.4, 0.5) is 0 Å². The summed E-state index contributed by atoms with van der Waals surface area (Å²) in [7, 11) is 0. The minimum Gasteiger partial charge on any atom is -3.00 e. The van der Waals surface area contributed by atoms with Crippen LogP contribution < -0.4 is 0 Å². The first-order valence-electron chi connectivity index (χ1n) is 15.9. The third-order valence-electron chi connectivity index (χ3n) is 7.97. The molecule has 3 aromatic heterocycles. The van der Waals surface area contributed by atoms with E-state index in [1.54, 1.807) is 0 Å². The zero-order valence-electron chi connectivity index (χ0n) is 29.1. The van der Waals surface area contributed by atoms with Gasteiger partial charge in [0.05, 0.1) is 17.1 Å². The van der Waals surface area contributed by atoms with Crippen molar-refractivity contribution in [2.24, 2.45) is 10.8 Å². The Bertz CT molecular complexity index is 2190. The van der Waals surface area contributed by atoms with Gasteiger partial charge in [-0.15, -0.1) is 52.9 Å². The summed E-state index contributed by atoms with van der Waals surface area (Å²) >= 11 is 0. The Morgan fingerprint density at radius 1 is 0.771 bits per heavy atom. The molecule has 0 aliphatic carbocycles. The number of aryl methyl sites for hydroxylation is 3. The zero-order chi connectivity index (χ0) is 34.1. The normalized spacial score (nSPS) is 12.0. The molecule has 2 N–H and O–H groups in total. The van der Waals surface area contributed by atoms with Gasteiger partial charge in [0.1, 0.15) is 11.3 Å².